The number of amides is 2. The Hall–Kier alpha value is -1.10. The first-order chi connectivity index (χ1) is 13.2. The van der Waals surface area contributed by atoms with Crippen molar-refractivity contribution in [2.45, 2.75) is 83.1 Å². The summed E-state index contributed by atoms with van der Waals surface area (Å²) < 4.78 is 5.63. The van der Waals surface area contributed by atoms with Crippen molar-refractivity contribution < 1.29 is 14.3 Å². The van der Waals surface area contributed by atoms with Crippen molar-refractivity contribution in [2.75, 3.05) is 32.8 Å². The topological polar surface area (TPSA) is 49.9 Å². The van der Waals surface area contributed by atoms with E-state index in [1.807, 2.05) is 9.80 Å². The maximum Gasteiger partial charge on any atom is 0.245 e. The minimum atomic E-state index is -0.246. The minimum absolute atomic E-state index is 0.0564. The van der Waals surface area contributed by atoms with Gasteiger partial charge in [0.1, 0.15) is 6.04 Å². The van der Waals surface area contributed by atoms with Gasteiger partial charge >= 0.3 is 0 Å². The molecule has 3 aliphatic heterocycles. The fourth-order valence-electron chi connectivity index (χ4n) is 6.04. The van der Waals surface area contributed by atoms with Gasteiger partial charge in [-0.3, -0.25) is 9.59 Å². The van der Waals surface area contributed by atoms with Gasteiger partial charge < -0.3 is 14.5 Å². The zero-order chi connectivity index (χ0) is 18.7. The van der Waals surface area contributed by atoms with Gasteiger partial charge in [0.15, 0.2) is 0 Å². The van der Waals surface area contributed by atoms with Gasteiger partial charge in [0.25, 0.3) is 0 Å². The molecular weight excluding hydrogens is 340 g/mol. The van der Waals surface area contributed by atoms with E-state index in [-0.39, 0.29) is 23.3 Å². The van der Waals surface area contributed by atoms with E-state index in [0.29, 0.717) is 6.42 Å². The number of hydrogen-bond donors (Lipinski definition) is 0. The van der Waals surface area contributed by atoms with Gasteiger partial charge in [-0.05, 0) is 50.9 Å². The number of hydrogen-bond acceptors (Lipinski definition) is 3. The van der Waals surface area contributed by atoms with E-state index in [4.69, 9.17) is 4.74 Å². The molecule has 1 saturated carbocycles. The van der Waals surface area contributed by atoms with Crippen molar-refractivity contribution in [1.29, 1.82) is 0 Å². The summed E-state index contributed by atoms with van der Waals surface area (Å²) >= 11 is 0. The number of likely N-dealkylation sites (tertiary alicyclic amines) is 2. The summed E-state index contributed by atoms with van der Waals surface area (Å²) in [5.74, 6) is 1.18. The molecule has 1 aliphatic carbocycles. The smallest absolute Gasteiger partial charge is 0.245 e. The van der Waals surface area contributed by atoms with Gasteiger partial charge in [-0.1, -0.05) is 25.7 Å². The third-order valence-corrected chi connectivity index (χ3v) is 7.67. The summed E-state index contributed by atoms with van der Waals surface area (Å²) in [4.78, 5) is 30.8. The van der Waals surface area contributed by atoms with Gasteiger partial charge in [0.2, 0.25) is 11.8 Å². The van der Waals surface area contributed by atoms with E-state index in [2.05, 4.69) is 0 Å². The van der Waals surface area contributed by atoms with Gasteiger partial charge in [0.05, 0.1) is 0 Å². The lowest BCUT2D eigenvalue weighted by Gasteiger charge is -2.51. The van der Waals surface area contributed by atoms with Gasteiger partial charge in [-0.15, -0.1) is 0 Å². The molecule has 4 aliphatic rings. The number of ether oxygens (including phenoxy) is 1. The molecule has 3 saturated heterocycles. The summed E-state index contributed by atoms with van der Waals surface area (Å²) in [5.41, 5.74) is -0.0564. The molecule has 5 nitrogen and oxygen atoms in total. The molecule has 27 heavy (non-hydrogen) atoms. The fourth-order valence-corrected chi connectivity index (χ4v) is 6.04. The van der Waals surface area contributed by atoms with Crippen LogP contribution < -0.4 is 0 Å². The van der Waals surface area contributed by atoms with Crippen LogP contribution >= 0.6 is 0 Å². The van der Waals surface area contributed by atoms with Crippen LogP contribution in [0.25, 0.3) is 0 Å². The second-order valence-corrected chi connectivity index (χ2v) is 9.29. The number of carbonyl (C=O) groups is 2. The van der Waals surface area contributed by atoms with Gasteiger partial charge in [-0.2, -0.15) is 0 Å². The highest BCUT2D eigenvalue weighted by Gasteiger charge is 2.51. The van der Waals surface area contributed by atoms with Crippen LogP contribution in [0.3, 0.4) is 0 Å². The van der Waals surface area contributed by atoms with E-state index in [1.165, 1.54) is 25.7 Å². The molecule has 0 N–H and O–H groups in total. The Kier molecular flexibility index (Phi) is 6.05. The van der Waals surface area contributed by atoms with Crippen molar-refractivity contribution in [3.63, 3.8) is 0 Å². The Morgan fingerprint density at radius 3 is 2.30 bits per heavy atom. The van der Waals surface area contributed by atoms with Crippen molar-refractivity contribution >= 4 is 11.8 Å². The predicted octanol–water partition coefficient (Wildman–Crippen LogP) is 3.37. The molecule has 1 spiro atoms. The van der Waals surface area contributed by atoms with Gasteiger partial charge in [-0.25, -0.2) is 0 Å². The molecule has 0 radical (unpaired) electrons. The quantitative estimate of drug-likeness (QED) is 0.756. The zero-order valence-electron chi connectivity index (χ0n) is 16.8. The fraction of sp³-hybridized carbons (Fsp3) is 0.909. The maximum absolute atomic E-state index is 13.5. The van der Waals surface area contributed by atoms with Crippen molar-refractivity contribution in [2.24, 2.45) is 11.3 Å². The lowest BCUT2D eigenvalue weighted by molar-refractivity contribution is -0.160. The zero-order valence-corrected chi connectivity index (χ0v) is 16.8. The molecule has 1 unspecified atom stereocenters. The summed E-state index contributed by atoms with van der Waals surface area (Å²) in [6.45, 7) is 3.95. The van der Waals surface area contributed by atoms with Crippen LogP contribution in [-0.2, 0) is 14.3 Å². The van der Waals surface area contributed by atoms with Crippen LogP contribution in [-0.4, -0.2) is 60.5 Å². The highest BCUT2D eigenvalue weighted by molar-refractivity contribution is 5.89. The summed E-state index contributed by atoms with van der Waals surface area (Å²) in [6.07, 6.45) is 13.0. The Morgan fingerprint density at radius 1 is 0.889 bits per heavy atom. The average molecular weight is 377 g/mol. The summed E-state index contributed by atoms with van der Waals surface area (Å²) in [6, 6.07) is -0.246. The summed E-state index contributed by atoms with van der Waals surface area (Å²) in [7, 11) is 0. The Morgan fingerprint density at radius 2 is 1.59 bits per heavy atom. The molecule has 4 rings (SSSR count). The second-order valence-electron chi connectivity index (χ2n) is 9.29. The third kappa shape index (κ3) is 4.03. The maximum atomic E-state index is 13.5. The number of piperidine rings is 1. The molecule has 0 bridgehead atoms. The van der Waals surface area contributed by atoms with Crippen LogP contribution in [0.4, 0.5) is 0 Å². The monoisotopic (exact) mass is 376 g/mol. The highest BCUT2D eigenvalue weighted by Crippen LogP contribution is 2.45. The first-order valence-electron chi connectivity index (χ1n) is 11.4. The third-order valence-electron chi connectivity index (χ3n) is 7.67. The standard InChI is InChI=1S/C22H36N2O3/c25-19(9-8-18-6-1-2-7-18)24-15-5-10-22(11-16-27-17-12-22)20(24)21(26)23-13-3-4-14-23/h18,20H,1-17H2. The van der Waals surface area contributed by atoms with E-state index in [9.17, 15) is 9.59 Å². The van der Waals surface area contributed by atoms with Crippen LogP contribution in [0.1, 0.15) is 77.0 Å². The van der Waals surface area contributed by atoms with Crippen molar-refractivity contribution in [3.8, 4) is 0 Å². The lowest BCUT2D eigenvalue weighted by Crippen LogP contribution is -2.62. The highest BCUT2D eigenvalue weighted by atomic mass is 16.5. The number of carbonyl (C=O) groups excluding carboxylic acids is 2. The largest absolute Gasteiger partial charge is 0.381 e. The van der Waals surface area contributed by atoms with Gasteiger partial charge in [0, 0.05) is 44.7 Å². The first kappa shape index (κ1) is 19.2. The Bertz CT molecular complexity index is 526. The van der Waals surface area contributed by atoms with E-state index < -0.39 is 0 Å². The molecule has 1 atom stereocenters. The van der Waals surface area contributed by atoms with Crippen molar-refractivity contribution in [3.05, 3.63) is 0 Å². The first-order valence-corrected chi connectivity index (χ1v) is 11.4. The van der Waals surface area contributed by atoms with Crippen LogP contribution in [0, 0.1) is 11.3 Å². The predicted molar refractivity (Wildman–Crippen MR) is 104 cm³/mol. The summed E-state index contributed by atoms with van der Waals surface area (Å²) in [5, 5.41) is 0. The van der Waals surface area contributed by atoms with Crippen LogP contribution in [0.15, 0.2) is 0 Å². The van der Waals surface area contributed by atoms with E-state index >= 15 is 0 Å². The SMILES string of the molecule is O=C(C1N(C(=O)CCC2CCCC2)CCCC12CCOCC2)N1CCCC1. The molecule has 0 aromatic rings. The Labute approximate surface area is 163 Å². The normalized spacial score (nSPS) is 28.8. The average Bonchev–Trinajstić information content (AvgIpc) is 3.40. The molecule has 4 fully saturated rings. The second kappa shape index (κ2) is 8.50. The molecule has 3 heterocycles. The molecule has 2 amide bonds. The number of nitrogens with zero attached hydrogens (tertiary/aromatic N) is 2. The van der Waals surface area contributed by atoms with Crippen LogP contribution in [0.5, 0.6) is 0 Å². The van der Waals surface area contributed by atoms with E-state index in [0.717, 1.165) is 83.7 Å². The molecular formula is C22H36N2O3. The lowest BCUT2D eigenvalue weighted by atomic mass is 9.67. The van der Waals surface area contributed by atoms with Crippen molar-refractivity contribution in [1.82, 2.24) is 9.80 Å². The Balaban J connectivity index is 1.51. The molecule has 5 heteroatoms. The van der Waals surface area contributed by atoms with Crippen LogP contribution in [0.2, 0.25) is 0 Å². The molecule has 0 aromatic carbocycles. The number of rotatable bonds is 4. The molecule has 152 valence electrons. The van der Waals surface area contributed by atoms with E-state index in [1.54, 1.807) is 0 Å². The minimum Gasteiger partial charge on any atom is -0.381 e. The molecule has 0 aromatic heterocycles.